The predicted molar refractivity (Wildman–Crippen MR) is 116 cm³/mol. The molecule has 1 amide bonds. The molecule has 3 aromatic rings. The SMILES string of the molecule is Cc1ccc(-c2cnc(NC(=O)C3(c4ccc5c(c4)OCO5)CC3)c(C)c2C)cc1. The molecule has 0 unspecified atom stereocenters. The van der Waals surface area contributed by atoms with E-state index in [0.29, 0.717) is 11.6 Å². The zero-order chi connectivity index (χ0) is 20.9. The molecule has 1 aromatic heterocycles. The number of carbonyl (C=O) groups excluding carboxylic acids is 1. The van der Waals surface area contributed by atoms with Crippen LogP contribution in [0.1, 0.15) is 35.1 Å². The number of hydrogen-bond donors (Lipinski definition) is 1. The lowest BCUT2D eigenvalue weighted by molar-refractivity contribution is -0.118. The van der Waals surface area contributed by atoms with Crippen LogP contribution in [0.3, 0.4) is 0 Å². The van der Waals surface area contributed by atoms with Gasteiger partial charge in [-0.1, -0.05) is 35.9 Å². The highest BCUT2D eigenvalue weighted by atomic mass is 16.7. The smallest absolute Gasteiger partial charge is 0.236 e. The summed E-state index contributed by atoms with van der Waals surface area (Å²) in [6.45, 7) is 6.39. The molecule has 2 aromatic carbocycles. The van der Waals surface area contributed by atoms with Crippen LogP contribution in [0, 0.1) is 20.8 Å². The zero-order valence-electron chi connectivity index (χ0n) is 17.4. The van der Waals surface area contributed by atoms with Crippen LogP contribution in [0.15, 0.2) is 48.7 Å². The fourth-order valence-electron chi connectivity index (χ4n) is 4.05. The third kappa shape index (κ3) is 3.02. The minimum Gasteiger partial charge on any atom is -0.454 e. The molecule has 152 valence electrons. The van der Waals surface area contributed by atoms with Gasteiger partial charge in [-0.2, -0.15) is 0 Å². The minimum absolute atomic E-state index is 0.0144. The van der Waals surface area contributed by atoms with Gasteiger partial charge in [0.05, 0.1) is 5.41 Å². The second-order valence-electron chi connectivity index (χ2n) is 8.24. The van der Waals surface area contributed by atoms with E-state index >= 15 is 0 Å². The van der Waals surface area contributed by atoms with E-state index in [1.807, 2.05) is 31.3 Å². The van der Waals surface area contributed by atoms with Crippen molar-refractivity contribution in [3.05, 3.63) is 70.9 Å². The standard InChI is InChI=1S/C25H24N2O3/c1-15-4-6-18(7-5-15)20-13-26-23(17(3)16(20)2)27-24(28)25(10-11-25)19-8-9-21-22(12-19)30-14-29-21/h4-9,12-13H,10-11,14H2,1-3H3,(H,26,27,28). The summed E-state index contributed by atoms with van der Waals surface area (Å²) >= 11 is 0. The van der Waals surface area contributed by atoms with Crippen molar-refractivity contribution in [2.75, 3.05) is 12.1 Å². The molecule has 5 rings (SSSR count). The molecule has 0 radical (unpaired) electrons. The van der Waals surface area contributed by atoms with Crippen molar-refractivity contribution < 1.29 is 14.3 Å². The number of ether oxygens (including phenoxy) is 2. The molecular weight excluding hydrogens is 376 g/mol. The average molecular weight is 400 g/mol. The number of pyridine rings is 1. The normalized spacial score (nSPS) is 15.7. The van der Waals surface area contributed by atoms with Crippen LogP contribution in [0.2, 0.25) is 0 Å². The van der Waals surface area contributed by atoms with Crippen LogP contribution in [0.5, 0.6) is 11.5 Å². The highest BCUT2D eigenvalue weighted by Gasteiger charge is 2.52. The third-order valence-electron chi connectivity index (χ3n) is 6.35. The second kappa shape index (κ2) is 6.87. The molecule has 1 N–H and O–H groups in total. The number of rotatable bonds is 4. The topological polar surface area (TPSA) is 60.5 Å². The van der Waals surface area contributed by atoms with E-state index in [1.54, 1.807) is 0 Å². The number of nitrogens with one attached hydrogen (secondary N) is 1. The summed E-state index contributed by atoms with van der Waals surface area (Å²) in [6.07, 6.45) is 3.48. The second-order valence-corrected chi connectivity index (χ2v) is 8.24. The monoisotopic (exact) mass is 400 g/mol. The number of carbonyl (C=O) groups is 1. The van der Waals surface area contributed by atoms with Gasteiger partial charge in [0.1, 0.15) is 5.82 Å². The molecule has 5 heteroatoms. The van der Waals surface area contributed by atoms with Gasteiger partial charge in [0.25, 0.3) is 0 Å². The van der Waals surface area contributed by atoms with E-state index in [-0.39, 0.29) is 12.7 Å². The molecule has 2 heterocycles. The van der Waals surface area contributed by atoms with Gasteiger partial charge in [-0.25, -0.2) is 4.98 Å². The van der Waals surface area contributed by atoms with Gasteiger partial charge in [-0.3, -0.25) is 4.79 Å². The van der Waals surface area contributed by atoms with E-state index in [2.05, 4.69) is 48.4 Å². The summed E-state index contributed by atoms with van der Waals surface area (Å²) in [6, 6.07) is 14.2. The van der Waals surface area contributed by atoms with Gasteiger partial charge in [-0.15, -0.1) is 0 Å². The van der Waals surface area contributed by atoms with Crippen molar-refractivity contribution in [2.45, 2.75) is 39.0 Å². The summed E-state index contributed by atoms with van der Waals surface area (Å²) in [4.78, 5) is 17.8. The summed E-state index contributed by atoms with van der Waals surface area (Å²) in [7, 11) is 0. The van der Waals surface area contributed by atoms with Crippen LogP contribution < -0.4 is 14.8 Å². The van der Waals surface area contributed by atoms with Gasteiger partial charge in [-0.05, 0) is 68.0 Å². The van der Waals surface area contributed by atoms with Crippen LogP contribution in [-0.2, 0) is 10.2 Å². The lowest BCUT2D eigenvalue weighted by Gasteiger charge is -2.18. The maximum atomic E-state index is 13.2. The molecule has 1 fully saturated rings. The maximum Gasteiger partial charge on any atom is 0.236 e. The van der Waals surface area contributed by atoms with Crippen LogP contribution >= 0.6 is 0 Å². The first-order chi connectivity index (χ1) is 14.5. The first-order valence-corrected chi connectivity index (χ1v) is 10.2. The molecular formula is C25H24N2O3. The number of anilines is 1. The van der Waals surface area contributed by atoms with Crippen molar-refractivity contribution in [2.24, 2.45) is 0 Å². The zero-order valence-corrected chi connectivity index (χ0v) is 17.4. The Morgan fingerprint density at radius 3 is 2.43 bits per heavy atom. The molecule has 5 nitrogen and oxygen atoms in total. The van der Waals surface area contributed by atoms with Crippen LogP contribution in [0.4, 0.5) is 5.82 Å². The van der Waals surface area contributed by atoms with E-state index in [0.717, 1.165) is 46.4 Å². The molecule has 0 spiro atoms. The Labute approximate surface area is 176 Å². The quantitative estimate of drug-likeness (QED) is 0.664. The van der Waals surface area contributed by atoms with Crippen molar-refractivity contribution in [1.29, 1.82) is 0 Å². The molecule has 0 atom stereocenters. The summed E-state index contributed by atoms with van der Waals surface area (Å²) in [5.41, 5.74) is 6.00. The molecule has 0 bridgehead atoms. The number of aromatic nitrogens is 1. The van der Waals surface area contributed by atoms with Crippen LogP contribution in [0.25, 0.3) is 11.1 Å². The number of aryl methyl sites for hydroxylation is 1. The fraction of sp³-hybridized carbons (Fsp3) is 0.280. The number of hydrogen-bond acceptors (Lipinski definition) is 4. The average Bonchev–Trinajstić information content (AvgIpc) is 3.43. The molecule has 30 heavy (non-hydrogen) atoms. The first kappa shape index (κ1) is 18.7. The number of nitrogens with zero attached hydrogens (tertiary/aromatic N) is 1. The number of amides is 1. The van der Waals surface area contributed by atoms with Gasteiger partial charge >= 0.3 is 0 Å². The summed E-state index contributed by atoms with van der Waals surface area (Å²) < 4.78 is 10.9. The predicted octanol–water partition coefficient (Wildman–Crippen LogP) is 5.07. The van der Waals surface area contributed by atoms with E-state index in [1.165, 1.54) is 5.56 Å². The molecule has 2 aliphatic rings. The van der Waals surface area contributed by atoms with E-state index in [4.69, 9.17) is 9.47 Å². The van der Waals surface area contributed by atoms with Crippen molar-refractivity contribution in [3.63, 3.8) is 0 Å². The molecule has 1 aliphatic carbocycles. The van der Waals surface area contributed by atoms with Crippen molar-refractivity contribution in [3.8, 4) is 22.6 Å². The Hall–Kier alpha value is -3.34. The molecule has 1 saturated carbocycles. The van der Waals surface area contributed by atoms with Crippen molar-refractivity contribution in [1.82, 2.24) is 4.98 Å². The van der Waals surface area contributed by atoms with Crippen molar-refractivity contribution >= 4 is 11.7 Å². The van der Waals surface area contributed by atoms with Gasteiger partial charge in [0.15, 0.2) is 11.5 Å². The fourth-order valence-corrected chi connectivity index (χ4v) is 4.05. The lowest BCUT2D eigenvalue weighted by atomic mass is 9.94. The van der Waals surface area contributed by atoms with E-state index in [9.17, 15) is 4.79 Å². The maximum absolute atomic E-state index is 13.2. The Bertz CT molecular complexity index is 1150. The van der Waals surface area contributed by atoms with Gasteiger partial charge in [0, 0.05) is 11.8 Å². The third-order valence-corrected chi connectivity index (χ3v) is 6.35. The lowest BCUT2D eigenvalue weighted by Crippen LogP contribution is -2.28. The Kier molecular flexibility index (Phi) is 4.28. The molecule has 1 aliphatic heterocycles. The Balaban J connectivity index is 1.41. The Morgan fingerprint density at radius 2 is 1.70 bits per heavy atom. The number of benzene rings is 2. The minimum atomic E-state index is -0.515. The highest BCUT2D eigenvalue weighted by Crippen LogP contribution is 2.51. The highest BCUT2D eigenvalue weighted by molar-refractivity contribution is 6.01. The first-order valence-electron chi connectivity index (χ1n) is 10.2. The Morgan fingerprint density at radius 1 is 0.967 bits per heavy atom. The van der Waals surface area contributed by atoms with Crippen LogP contribution in [-0.4, -0.2) is 17.7 Å². The van der Waals surface area contributed by atoms with Gasteiger partial charge < -0.3 is 14.8 Å². The molecule has 0 saturated heterocycles. The summed E-state index contributed by atoms with van der Waals surface area (Å²) in [5, 5.41) is 3.09. The number of fused-ring (bicyclic) bond motifs is 1. The van der Waals surface area contributed by atoms with E-state index < -0.39 is 5.41 Å². The summed E-state index contributed by atoms with van der Waals surface area (Å²) in [5.74, 6) is 2.05. The van der Waals surface area contributed by atoms with Gasteiger partial charge in [0.2, 0.25) is 12.7 Å². The largest absolute Gasteiger partial charge is 0.454 e.